The van der Waals surface area contributed by atoms with E-state index in [-0.39, 0.29) is 23.1 Å². The number of carbonyl (C=O) groups is 1. The summed E-state index contributed by atoms with van der Waals surface area (Å²) in [6.45, 7) is 0.303. The highest BCUT2D eigenvalue weighted by Gasteiger charge is 2.32. The van der Waals surface area contributed by atoms with Crippen LogP contribution in [-0.4, -0.2) is 32.4 Å². The second-order valence-electron chi connectivity index (χ2n) is 8.73. The third-order valence-corrected chi connectivity index (χ3v) is 7.41. The first kappa shape index (κ1) is 23.2. The van der Waals surface area contributed by atoms with Crippen molar-refractivity contribution in [2.45, 2.75) is 36.2 Å². The Morgan fingerprint density at radius 1 is 1.11 bits per heavy atom. The van der Waals surface area contributed by atoms with E-state index in [1.165, 1.54) is 18.2 Å². The Balaban J connectivity index is 1.36. The average Bonchev–Trinajstić information content (AvgIpc) is 3.40. The Hall–Kier alpha value is -3.59. The summed E-state index contributed by atoms with van der Waals surface area (Å²) in [5.41, 5.74) is 1.97. The van der Waals surface area contributed by atoms with Crippen molar-refractivity contribution in [1.29, 1.82) is 0 Å². The number of aliphatic carboxylic acids is 1. The standard InChI is InChI=1S/C26H23FO7S/c1-35(30,31)18-5-2-16(3-6-18)33-22-11-9-21(27)26-20(22)8-10-23(26)34-17-4-7-19-15(12-25(28)29)14-32-24(19)13-17/h2-7,9,11,13,15,23H,8,10,12,14H2,1H3,(H,28,29)/t15-,23-/m1/s1. The number of carboxylic acids is 1. The zero-order valence-corrected chi connectivity index (χ0v) is 19.7. The fourth-order valence-corrected chi connectivity index (χ4v) is 5.24. The maximum Gasteiger partial charge on any atom is 0.304 e. The molecule has 3 aromatic carbocycles. The van der Waals surface area contributed by atoms with Gasteiger partial charge in [-0.3, -0.25) is 4.79 Å². The molecule has 182 valence electrons. The quantitative estimate of drug-likeness (QED) is 0.487. The zero-order chi connectivity index (χ0) is 24.7. The summed E-state index contributed by atoms with van der Waals surface area (Å²) in [7, 11) is -3.31. The average molecular weight is 499 g/mol. The minimum absolute atomic E-state index is 0.00578. The number of fused-ring (bicyclic) bond motifs is 2. The van der Waals surface area contributed by atoms with Crippen LogP contribution in [0.1, 0.15) is 41.6 Å². The van der Waals surface area contributed by atoms with E-state index in [9.17, 15) is 17.6 Å². The fraction of sp³-hybridized carbons (Fsp3) is 0.269. The van der Waals surface area contributed by atoms with Crippen LogP contribution in [-0.2, 0) is 21.1 Å². The smallest absolute Gasteiger partial charge is 0.304 e. The van der Waals surface area contributed by atoms with Gasteiger partial charge in [0.05, 0.1) is 17.9 Å². The van der Waals surface area contributed by atoms with Crippen molar-refractivity contribution in [2.75, 3.05) is 12.9 Å². The molecule has 0 aromatic heterocycles. The second-order valence-corrected chi connectivity index (χ2v) is 10.7. The van der Waals surface area contributed by atoms with Gasteiger partial charge in [-0.2, -0.15) is 0 Å². The molecule has 0 fully saturated rings. The highest BCUT2D eigenvalue weighted by molar-refractivity contribution is 7.90. The summed E-state index contributed by atoms with van der Waals surface area (Å²) in [5.74, 6) is 0.570. The molecule has 0 amide bonds. The number of halogens is 1. The minimum Gasteiger partial charge on any atom is -0.492 e. The number of benzene rings is 3. The van der Waals surface area contributed by atoms with Crippen molar-refractivity contribution in [3.8, 4) is 23.0 Å². The minimum atomic E-state index is -3.31. The van der Waals surface area contributed by atoms with Crippen molar-refractivity contribution >= 4 is 15.8 Å². The van der Waals surface area contributed by atoms with Gasteiger partial charge in [0.1, 0.15) is 34.9 Å². The second kappa shape index (κ2) is 8.88. The van der Waals surface area contributed by atoms with Gasteiger partial charge in [0.2, 0.25) is 0 Å². The number of carboxylic acid groups (broad SMARTS) is 1. The molecule has 0 spiro atoms. The normalized spacial score (nSPS) is 18.5. The summed E-state index contributed by atoms with van der Waals surface area (Å²) in [5, 5.41) is 9.07. The molecule has 2 atom stereocenters. The first-order valence-corrected chi connectivity index (χ1v) is 13.0. The molecule has 2 aliphatic rings. The van der Waals surface area contributed by atoms with Crippen LogP contribution in [0.2, 0.25) is 0 Å². The number of hydrogen-bond acceptors (Lipinski definition) is 6. The molecule has 3 aromatic rings. The van der Waals surface area contributed by atoms with Gasteiger partial charge < -0.3 is 19.3 Å². The monoisotopic (exact) mass is 498 g/mol. The highest BCUT2D eigenvalue weighted by atomic mass is 32.2. The largest absolute Gasteiger partial charge is 0.492 e. The predicted octanol–water partition coefficient (Wildman–Crippen LogP) is 5.04. The van der Waals surface area contributed by atoms with Crippen molar-refractivity contribution in [1.82, 2.24) is 0 Å². The first-order valence-electron chi connectivity index (χ1n) is 11.1. The van der Waals surface area contributed by atoms with Gasteiger partial charge in [0, 0.05) is 34.9 Å². The van der Waals surface area contributed by atoms with E-state index in [0.29, 0.717) is 53.6 Å². The third kappa shape index (κ3) is 4.68. The van der Waals surface area contributed by atoms with Crippen molar-refractivity contribution < 1.29 is 36.9 Å². The van der Waals surface area contributed by atoms with E-state index in [1.54, 1.807) is 36.4 Å². The van der Waals surface area contributed by atoms with Crippen LogP contribution in [0.25, 0.3) is 0 Å². The lowest BCUT2D eigenvalue weighted by Gasteiger charge is -2.17. The van der Waals surface area contributed by atoms with E-state index >= 15 is 0 Å². The molecule has 5 rings (SSSR count). The predicted molar refractivity (Wildman–Crippen MR) is 125 cm³/mol. The Morgan fingerprint density at radius 3 is 2.57 bits per heavy atom. The number of rotatable bonds is 7. The van der Waals surface area contributed by atoms with Crippen molar-refractivity contribution in [3.05, 3.63) is 77.1 Å². The maximum atomic E-state index is 14.9. The van der Waals surface area contributed by atoms with Crippen LogP contribution in [0.3, 0.4) is 0 Å². The van der Waals surface area contributed by atoms with Gasteiger partial charge >= 0.3 is 5.97 Å². The highest BCUT2D eigenvalue weighted by Crippen LogP contribution is 2.44. The van der Waals surface area contributed by atoms with Crippen LogP contribution >= 0.6 is 0 Å². The molecule has 0 unspecified atom stereocenters. The van der Waals surface area contributed by atoms with E-state index in [0.717, 1.165) is 11.8 Å². The lowest BCUT2D eigenvalue weighted by molar-refractivity contribution is -0.137. The van der Waals surface area contributed by atoms with Gasteiger partial charge in [-0.25, -0.2) is 12.8 Å². The van der Waals surface area contributed by atoms with Gasteiger partial charge in [-0.05, 0) is 55.3 Å². The molecule has 0 saturated carbocycles. The van der Waals surface area contributed by atoms with Crippen LogP contribution < -0.4 is 14.2 Å². The zero-order valence-electron chi connectivity index (χ0n) is 18.9. The van der Waals surface area contributed by atoms with Crippen LogP contribution in [0.4, 0.5) is 4.39 Å². The fourth-order valence-electron chi connectivity index (χ4n) is 4.61. The Labute approximate surface area is 202 Å². The van der Waals surface area contributed by atoms with Gasteiger partial charge in [-0.15, -0.1) is 0 Å². The summed E-state index contributed by atoms with van der Waals surface area (Å²) >= 11 is 0. The molecule has 0 radical (unpaired) electrons. The number of ether oxygens (including phenoxy) is 3. The van der Waals surface area contributed by atoms with Crippen molar-refractivity contribution in [2.24, 2.45) is 0 Å². The summed E-state index contributed by atoms with van der Waals surface area (Å²) in [6.07, 6.45) is 1.72. The molecule has 0 saturated heterocycles. The lowest BCUT2D eigenvalue weighted by Crippen LogP contribution is -2.07. The summed E-state index contributed by atoms with van der Waals surface area (Å²) in [4.78, 5) is 11.2. The van der Waals surface area contributed by atoms with E-state index < -0.39 is 21.9 Å². The molecule has 1 N–H and O–H groups in total. The molecule has 1 heterocycles. The molecule has 9 heteroatoms. The summed E-state index contributed by atoms with van der Waals surface area (Å²) in [6, 6.07) is 14.2. The van der Waals surface area contributed by atoms with Crippen LogP contribution in [0.15, 0.2) is 59.5 Å². The van der Waals surface area contributed by atoms with Crippen LogP contribution in [0.5, 0.6) is 23.0 Å². The van der Waals surface area contributed by atoms with Gasteiger partial charge in [0.25, 0.3) is 0 Å². The SMILES string of the molecule is CS(=O)(=O)c1ccc(Oc2ccc(F)c3c2CC[C@H]3Oc2ccc3c(c2)OC[C@H]3CC(=O)O)cc1. The van der Waals surface area contributed by atoms with E-state index in [4.69, 9.17) is 19.3 Å². The topological polar surface area (TPSA) is 99.1 Å². The number of hydrogen-bond donors (Lipinski definition) is 1. The first-order chi connectivity index (χ1) is 16.7. The van der Waals surface area contributed by atoms with Crippen LogP contribution in [0, 0.1) is 5.82 Å². The molecule has 1 aliphatic carbocycles. The third-order valence-electron chi connectivity index (χ3n) is 6.28. The Morgan fingerprint density at radius 2 is 1.86 bits per heavy atom. The maximum absolute atomic E-state index is 14.9. The molecule has 1 aliphatic heterocycles. The lowest BCUT2D eigenvalue weighted by atomic mass is 9.98. The molecular formula is C26H23FO7S. The van der Waals surface area contributed by atoms with Crippen molar-refractivity contribution in [3.63, 3.8) is 0 Å². The molecule has 7 nitrogen and oxygen atoms in total. The summed E-state index contributed by atoms with van der Waals surface area (Å²) < 4.78 is 55.9. The van der Waals surface area contributed by atoms with E-state index in [1.807, 2.05) is 0 Å². The molecular weight excluding hydrogens is 475 g/mol. The molecule has 35 heavy (non-hydrogen) atoms. The Kier molecular flexibility index (Phi) is 5.88. The molecule has 0 bridgehead atoms. The Bertz CT molecular complexity index is 1400. The van der Waals surface area contributed by atoms with Gasteiger partial charge in [-0.1, -0.05) is 6.07 Å². The van der Waals surface area contributed by atoms with Gasteiger partial charge in [0.15, 0.2) is 9.84 Å². The van der Waals surface area contributed by atoms with E-state index in [2.05, 4.69) is 0 Å². The number of sulfone groups is 1.